The Morgan fingerprint density at radius 1 is 1.11 bits per heavy atom. The molecule has 3 rings (SSSR count). The molecule has 0 unspecified atom stereocenters. The second kappa shape index (κ2) is 9.02. The van der Waals surface area contributed by atoms with E-state index >= 15 is 0 Å². The molecule has 0 N–H and O–H groups in total. The summed E-state index contributed by atoms with van der Waals surface area (Å²) in [5.41, 5.74) is 1.08. The number of aryl methyl sites for hydroxylation is 1. The van der Waals surface area contributed by atoms with Crippen LogP contribution in [0, 0.1) is 0 Å². The molecule has 1 amide bonds. The van der Waals surface area contributed by atoms with Crippen LogP contribution in [-0.4, -0.2) is 27.6 Å². The Kier molecular flexibility index (Phi) is 6.47. The van der Waals surface area contributed by atoms with Gasteiger partial charge in [-0.15, -0.1) is 0 Å². The number of hydrogen-bond donors (Lipinski definition) is 0. The number of nitrogens with zero attached hydrogens (tertiary/aromatic N) is 3. The zero-order valence-corrected chi connectivity index (χ0v) is 16.9. The van der Waals surface area contributed by atoms with Crippen molar-refractivity contribution in [2.75, 3.05) is 7.05 Å². The molecule has 3 aromatic rings. The molecule has 0 radical (unpaired) electrons. The predicted octanol–water partition coefficient (Wildman–Crippen LogP) is 4.51. The van der Waals surface area contributed by atoms with Gasteiger partial charge in [0, 0.05) is 30.5 Å². The number of unbranched alkanes of at least 4 members (excludes halogenated alkanes) is 2. The molecule has 0 saturated heterocycles. The molecule has 2 aromatic carbocycles. The number of carbonyl (C=O) groups excluding carboxylic acids is 1. The van der Waals surface area contributed by atoms with Gasteiger partial charge in [0.05, 0.1) is 5.39 Å². The van der Waals surface area contributed by atoms with Gasteiger partial charge in [0.2, 0.25) is 0 Å². The Labute approximate surface area is 169 Å². The van der Waals surface area contributed by atoms with E-state index < -0.39 is 0 Å². The average Bonchev–Trinajstić information content (AvgIpc) is 2.69. The Bertz CT molecular complexity index is 1050. The number of halogens is 1. The summed E-state index contributed by atoms with van der Waals surface area (Å²) in [6, 6.07) is 14.6. The molecule has 0 aliphatic rings. The summed E-state index contributed by atoms with van der Waals surface area (Å²) < 4.78 is 1.43. The summed E-state index contributed by atoms with van der Waals surface area (Å²) in [6.07, 6.45) is 2.92. The monoisotopic (exact) mass is 397 g/mol. The van der Waals surface area contributed by atoms with E-state index in [1.165, 1.54) is 4.68 Å². The van der Waals surface area contributed by atoms with Crippen LogP contribution in [-0.2, 0) is 13.1 Å². The van der Waals surface area contributed by atoms with Crippen LogP contribution < -0.4 is 5.56 Å². The van der Waals surface area contributed by atoms with E-state index in [0.29, 0.717) is 34.6 Å². The minimum Gasteiger partial charge on any atom is -0.336 e. The fourth-order valence-electron chi connectivity index (χ4n) is 3.22. The van der Waals surface area contributed by atoms with E-state index in [9.17, 15) is 9.59 Å². The van der Waals surface area contributed by atoms with Crippen molar-refractivity contribution in [2.24, 2.45) is 0 Å². The standard InChI is InChI=1S/C22H24ClN3O2/c1-3-4-7-13-26-21(27)19-12-6-5-11-18(19)20(24-26)22(28)25(2)15-16-9-8-10-17(23)14-16/h5-6,8-12,14H,3-4,7,13,15H2,1-2H3. The van der Waals surface area contributed by atoms with Crippen molar-refractivity contribution in [1.82, 2.24) is 14.7 Å². The maximum atomic E-state index is 13.2. The lowest BCUT2D eigenvalue weighted by atomic mass is 10.1. The molecule has 0 atom stereocenters. The molecule has 0 bridgehead atoms. The van der Waals surface area contributed by atoms with Gasteiger partial charge >= 0.3 is 0 Å². The van der Waals surface area contributed by atoms with Crippen LogP contribution in [0.1, 0.15) is 42.2 Å². The third kappa shape index (κ3) is 4.42. The minimum absolute atomic E-state index is 0.152. The topological polar surface area (TPSA) is 55.2 Å². The van der Waals surface area contributed by atoms with E-state index in [4.69, 9.17) is 11.6 Å². The lowest BCUT2D eigenvalue weighted by Gasteiger charge is -2.19. The summed E-state index contributed by atoms with van der Waals surface area (Å²) in [5.74, 6) is -0.222. The van der Waals surface area contributed by atoms with Gasteiger partial charge in [-0.3, -0.25) is 9.59 Å². The smallest absolute Gasteiger partial charge is 0.274 e. The first-order valence-corrected chi connectivity index (χ1v) is 9.89. The molecule has 1 heterocycles. The number of amides is 1. The first-order chi connectivity index (χ1) is 13.5. The molecular weight excluding hydrogens is 374 g/mol. The van der Waals surface area contributed by atoms with Gasteiger partial charge in [0.25, 0.3) is 11.5 Å². The van der Waals surface area contributed by atoms with Crippen LogP contribution in [0.2, 0.25) is 5.02 Å². The van der Waals surface area contributed by atoms with E-state index in [-0.39, 0.29) is 11.5 Å². The van der Waals surface area contributed by atoms with Crippen molar-refractivity contribution < 1.29 is 4.79 Å². The maximum Gasteiger partial charge on any atom is 0.274 e. The first kappa shape index (κ1) is 20.1. The lowest BCUT2D eigenvalue weighted by Crippen LogP contribution is -2.32. The van der Waals surface area contributed by atoms with Crippen LogP contribution in [0.4, 0.5) is 0 Å². The fraction of sp³-hybridized carbons (Fsp3) is 0.318. The molecule has 0 spiro atoms. The number of hydrogen-bond acceptors (Lipinski definition) is 3. The number of benzene rings is 2. The van der Waals surface area contributed by atoms with Crippen LogP contribution in [0.25, 0.3) is 10.8 Å². The zero-order chi connectivity index (χ0) is 20.1. The van der Waals surface area contributed by atoms with E-state index in [1.807, 2.05) is 30.3 Å². The molecule has 146 valence electrons. The Morgan fingerprint density at radius 2 is 1.86 bits per heavy atom. The largest absolute Gasteiger partial charge is 0.336 e. The maximum absolute atomic E-state index is 13.2. The first-order valence-electron chi connectivity index (χ1n) is 9.51. The van der Waals surface area contributed by atoms with Crippen LogP contribution in [0.15, 0.2) is 53.3 Å². The molecule has 5 nitrogen and oxygen atoms in total. The highest BCUT2D eigenvalue weighted by Gasteiger charge is 2.20. The summed E-state index contributed by atoms with van der Waals surface area (Å²) in [7, 11) is 1.73. The Hall–Kier alpha value is -2.66. The molecule has 0 aliphatic carbocycles. The normalized spacial score (nSPS) is 11.0. The number of carbonyl (C=O) groups is 1. The van der Waals surface area contributed by atoms with Crippen LogP contribution in [0.5, 0.6) is 0 Å². The number of fused-ring (bicyclic) bond motifs is 1. The van der Waals surface area contributed by atoms with Crippen molar-refractivity contribution in [3.8, 4) is 0 Å². The number of aromatic nitrogens is 2. The summed E-state index contributed by atoms with van der Waals surface area (Å²) >= 11 is 6.05. The van der Waals surface area contributed by atoms with Crippen molar-refractivity contribution in [3.63, 3.8) is 0 Å². The van der Waals surface area contributed by atoms with Gasteiger partial charge in [-0.2, -0.15) is 5.10 Å². The van der Waals surface area contributed by atoms with Crippen LogP contribution >= 0.6 is 11.6 Å². The van der Waals surface area contributed by atoms with Gasteiger partial charge in [0.15, 0.2) is 5.69 Å². The molecular formula is C22H24ClN3O2. The van der Waals surface area contributed by atoms with Gasteiger partial charge < -0.3 is 4.90 Å². The Morgan fingerprint density at radius 3 is 2.57 bits per heavy atom. The van der Waals surface area contributed by atoms with Gasteiger partial charge in [-0.05, 0) is 30.2 Å². The van der Waals surface area contributed by atoms with Gasteiger partial charge in [-0.25, -0.2) is 4.68 Å². The summed E-state index contributed by atoms with van der Waals surface area (Å²) in [6.45, 7) is 3.02. The quantitative estimate of drug-likeness (QED) is 0.551. The highest BCUT2D eigenvalue weighted by molar-refractivity contribution is 6.30. The summed E-state index contributed by atoms with van der Waals surface area (Å²) in [5, 5.41) is 6.18. The van der Waals surface area contributed by atoms with Gasteiger partial charge in [-0.1, -0.05) is 61.7 Å². The highest BCUT2D eigenvalue weighted by Crippen LogP contribution is 2.17. The minimum atomic E-state index is -0.222. The third-order valence-electron chi connectivity index (χ3n) is 4.70. The Balaban J connectivity index is 1.96. The van der Waals surface area contributed by atoms with Crippen molar-refractivity contribution >= 4 is 28.3 Å². The van der Waals surface area contributed by atoms with Crippen molar-refractivity contribution in [2.45, 2.75) is 39.3 Å². The molecule has 0 fully saturated rings. The molecule has 0 aliphatic heterocycles. The fourth-order valence-corrected chi connectivity index (χ4v) is 3.43. The molecule has 28 heavy (non-hydrogen) atoms. The number of rotatable bonds is 7. The van der Waals surface area contributed by atoms with E-state index in [2.05, 4.69) is 12.0 Å². The average molecular weight is 398 g/mol. The zero-order valence-electron chi connectivity index (χ0n) is 16.2. The second-order valence-electron chi connectivity index (χ2n) is 6.92. The lowest BCUT2D eigenvalue weighted by molar-refractivity contribution is 0.0778. The van der Waals surface area contributed by atoms with Crippen LogP contribution in [0.3, 0.4) is 0 Å². The third-order valence-corrected chi connectivity index (χ3v) is 4.93. The van der Waals surface area contributed by atoms with Crippen molar-refractivity contribution in [1.29, 1.82) is 0 Å². The predicted molar refractivity (Wildman–Crippen MR) is 113 cm³/mol. The van der Waals surface area contributed by atoms with E-state index in [0.717, 1.165) is 24.8 Å². The second-order valence-corrected chi connectivity index (χ2v) is 7.36. The van der Waals surface area contributed by atoms with Crippen molar-refractivity contribution in [3.05, 3.63) is 75.2 Å². The van der Waals surface area contributed by atoms with E-state index in [1.54, 1.807) is 30.1 Å². The molecule has 0 saturated carbocycles. The summed E-state index contributed by atoms with van der Waals surface area (Å²) in [4.78, 5) is 27.5. The SMILES string of the molecule is CCCCCn1nc(C(=O)N(C)Cc2cccc(Cl)c2)c2ccccc2c1=O. The molecule has 1 aromatic heterocycles. The molecule has 6 heteroatoms. The van der Waals surface area contributed by atoms with Gasteiger partial charge in [0.1, 0.15) is 0 Å². The highest BCUT2D eigenvalue weighted by atomic mass is 35.5.